The average molecular weight is 403 g/mol. The van der Waals surface area contributed by atoms with Gasteiger partial charge in [-0.05, 0) is 69.6 Å². The first-order valence-electron chi connectivity index (χ1n) is 11.1. The Balaban J connectivity index is 1.81. The Morgan fingerprint density at radius 2 is 1.70 bits per heavy atom. The molecule has 1 aromatic carbocycles. The second-order valence-corrected chi connectivity index (χ2v) is 8.71. The molecule has 2 aromatic heterocycles. The predicted octanol–water partition coefficient (Wildman–Crippen LogP) is 3.63. The van der Waals surface area contributed by atoms with E-state index < -0.39 is 0 Å². The zero-order chi connectivity index (χ0) is 21.4. The second kappa shape index (κ2) is 8.42. The lowest BCUT2D eigenvalue weighted by Crippen LogP contribution is -2.34. The molecule has 5 nitrogen and oxygen atoms in total. The van der Waals surface area contributed by atoms with E-state index in [4.69, 9.17) is 9.97 Å². The number of rotatable bonds is 5. The van der Waals surface area contributed by atoms with Gasteiger partial charge in [-0.2, -0.15) is 0 Å². The van der Waals surface area contributed by atoms with Gasteiger partial charge in [0.15, 0.2) is 5.65 Å². The summed E-state index contributed by atoms with van der Waals surface area (Å²) >= 11 is 0. The third-order valence-corrected chi connectivity index (χ3v) is 6.47. The van der Waals surface area contributed by atoms with Gasteiger partial charge in [0.05, 0.1) is 11.1 Å². The molecule has 0 saturated carbocycles. The number of hydrogen-bond acceptors (Lipinski definition) is 4. The minimum atomic E-state index is 0.288. The first kappa shape index (κ1) is 20.9. The molecular weight excluding hydrogens is 371 g/mol. The van der Waals surface area contributed by atoms with Crippen molar-refractivity contribution in [3.63, 3.8) is 0 Å². The van der Waals surface area contributed by atoms with Crippen LogP contribution in [-0.2, 0) is 0 Å². The fourth-order valence-corrected chi connectivity index (χ4v) is 4.94. The van der Waals surface area contributed by atoms with Gasteiger partial charge in [0.2, 0.25) is 0 Å². The van der Waals surface area contributed by atoms with Crippen LogP contribution in [0.25, 0.3) is 16.7 Å². The zero-order valence-electron chi connectivity index (χ0n) is 18.9. The number of nitrogens with zero attached hydrogens (tertiary/aromatic N) is 4. The lowest BCUT2D eigenvalue weighted by molar-refractivity contribution is 0.240. The van der Waals surface area contributed by atoms with E-state index in [1.165, 1.54) is 27.8 Å². The average Bonchev–Trinajstić information content (AvgIpc) is 3.03. The maximum Gasteiger partial charge on any atom is 0.150 e. The molecule has 3 aromatic rings. The minimum Gasteiger partial charge on any atom is -0.396 e. The molecule has 0 amide bonds. The van der Waals surface area contributed by atoms with E-state index in [2.05, 4.69) is 62.7 Å². The maximum absolute atomic E-state index is 9.27. The van der Waals surface area contributed by atoms with Crippen LogP contribution >= 0.6 is 0 Å². The summed E-state index contributed by atoms with van der Waals surface area (Å²) in [5, 5.41) is 10.4. The van der Waals surface area contributed by atoms with E-state index in [0.29, 0.717) is 5.92 Å². The molecule has 3 heterocycles. The number of aryl methyl sites for hydroxylation is 4. The van der Waals surface area contributed by atoms with Crippen LogP contribution in [0.2, 0.25) is 6.82 Å². The quantitative estimate of drug-likeness (QED) is 0.661. The molecule has 1 aliphatic heterocycles. The Bertz CT molecular complexity index is 1040. The topological polar surface area (TPSA) is 54.2 Å². The minimum absolute atomic E-state index is 0.288. The molecule has 1 saturated heterocycles. The largest absolute Gasteiger partial charge is 0.396 e. The third-order valence-electron chi connectivity index (χ3n) is 6.47. The molecule has 0 bridgehead atoms. The number of anilines is 1. The van der Waals surface area contributed by atoms with Crippen molar-refractivity contribution in [1.29, 1.82) is 0 Å². The molecule has 0 aliphatic carbocycles. The lowest BCUT2D eigenvalue weighted by Gasteiger charge is -2.33. The van der Waals surface area contributed by atoms with E-state index in [0.717, 1.165) is 55.0 Å². The van der Waals surface area contributed by atoms with Gasteiger partial charge >= 0.3 is 0 Å². The number of aliphatic hydroxyl groups excluding tert-OH is 1. The molecule has 1 fully saturated rings. The molecule has 4 rings (SSSR count). The second-order valence-electron chi connectivity index (χ2n) is 8.71. The first-order chi connectivity index (χ1) is 14.4. The molecule has 1 aliphatic rings. The fourth-order valence-electron chi connectivity index (χ4n) is 4.94. The van der Waals surface area contributed by atoms with Crippen LogP contribution in [0.3, 0.4) is 0 Å². The van der Waals surface area contributed by atoms with Gasteiger partial charge in [-0.3, -0.25) is 0 Å². The molecule has 0 spiro atoms. The van der Waals surface area contributed by atoms with E-state index in [9.17, 15) is 5.11 Å². The highest BCUT2D eigenvalue weighted by molar-refractivity contribution is 6.52. The van der Waals surface area contributed by atoms with Crippen LogP contribution in [0.5, 0.6) is 0 Å². The van der Waals surface area contributed by atoms with Crippen LogP contribution in [0, 0.1) is 33.6 Å². The number of piperidine rings is 1. The Morgan fingerprint density at radius 3 is 2.30 bits per heavy atom. The Morgan fingerprint density at radius 1 is 1.03 bits per heavy atom. The van der Waals surface area contributed by atoms with Crippen molar-refractivity contribution in [2.75, 3.05) is 24.6 Å². The van der Waals surface area contributed by atoms with Gasteiger partial charge in [-0.25, -0.2) is 9.97 Å². The molecule has 1 N–H and O–H groups in total. The maximum atomic E-state index is 9.27. The smallest absolute Gasteiger partial charge is 0.150 e. The number of hydrogen-bond donors (Lipinski definition) is 1. The van der Waals surface area contributed by atoms with Crippen LogP contribution in [0.1, 0.15) is 41.8 Å². The van der Waals surface area contributed by atoms with E-state index in [-0.39, 0.29) is 6.61 Å². The number of aromatic nitrogens is 3. The first-order valence-corrected chi connectivity index (χ1v) is 11.1. The summed E-state index contributed by atoms with van der Waals surface area (Å²) in [4.78, 5) is 12.2. The monoisotopic (exact) mass is 403 g/mol. The van der Waals surface area contributed by atoms with Crippen molar-refractivity contribution in [2.24, 2.45) is 5.92 Å². The lowest BCUT2D eigenvalue weighted by atomic mass is 9.72. The van der Waals surface area contributed by atoms with E-state index in [1.54, 1.807) is 0 Å². The van der Waals surface area contributed by atoms with Crippen LogP contribution in [0.4, 0.5) is 5.82 Å². The van der Waals surface area contributed by atoms with Gasteiger partial charge in [0.1, 0.15) is 18.9 Å². The van der Waals surface area contributed by atoms with Crippen molar-refractivity contribution in [3.8, 4) is 5.69 Å². The van der Waals surface area contributed by atoms with Crippen molar-refractivity contribution in [3.05, 3.63) is 40.8 Å². The molecule has 6 heteroatoms. The van der Waals surface area contributed by atoms with Gasteiger partial charge in [-0.15, -0.1) is 0 Å². The standard InChI is InChI=1S/C24H32BN4O/c1-15-12-20(25-5)13-16(2)22(15)29-14-17(3)21-23(26-18(4)27-24(21)29)28-9-6-19(7-10-28)8-11-30/h12-14,19,30H,6-11H2,1-5H3. The molecule has 157 valence electrons. The van der Waals surface area contributed by atoms with Crippen molar-refractivity contribution in [1.82, 2.24) is 14.5 Å². The van der Waals surface area contributed by atoms with Crippen LogP contribution < -0.4 is 10.4 Å². The molecule has 1 radical (unpaired) electrons. The van der Waals surface area contributed by atoms with E-state index in [1.807, 2.05) is 6.92 Å². The normalized spacial score (nSPS) is 15.2. The van der Waals surface area contributed by atoms with Gasteiger partial charge in [0.25, 0.3) is 0 Å². The highest BCUT2D eigenvalue weighted by Crippen LogP contribution is 2.34. The van der Waals surface area contributed by atoms with Crippen molar-refractivity contribution < 1.29 is 5.11 Å². The van der Waals surface area contributed by atoms with E-state index >= 15 is 0 Å². The predicted molar refractivity (Wildman–Crippen MR) is 126 cm³/mol. The highest BCUT2D eigenvalue weighted by atomic mass is 16.3. The summed E-state index contributed by atoms with van der Waals surface area (Å²) < 4.78 is 2.26. The molecular formula is C24H32BN4O. The Kier molecular flexibility index (Phi) is 5.87. The van der Waals surface area contributed by atoms with Gasteiger partial charge in [-0.1, -0.05) is 24.4 Å². The summed E-state index contributed by atoms with van der Waals surface area (Å²) in [6, 6.07) is 4.48. The molecule has 0 atom stereocenters. The van der Waals surface area contributed by atoms with Crippen LogP contribution in [0.15, 0.2) is 18.3 Å². The van der Waals surface area contributed by atoms with Gasteiger partial charge < -0.3 is 14.6 Å². The highest BCUT2D eigenvalue weighted by Gasteiger charge is 2.24. The number of aliphatic hydroxyl groups is 1. The number of benzene rings is 1. The summed E-state index contributed by atoms with van der Waals surface area (Å²) in [6.45, 7) is 12.8. The summed E-state index contributed by atoms with van der Waals surface area (Å²) in [5.74, 6) is 2.49. The molecule has 0 unspecified atom stereocenters. The third kappa shape index (κ3) is 3.73. The van der Waals surface area contributed by atoms with Crippen LogP contribution in [-0.4, -0.2) is 46.6 Å². The van der Waals surface area contributed by atoms with Crippen molar-refractivity contribution in [2.45, 2.75) is 53.8 Å². The Labute approximate surface area is 180 Å². The fraction of sp³-hybridized carbons (Fsp3) is 0.500. The Hall–Kier alpha value is -2.34. The SMILES string of the molecule is C[B]c1cc(C)c(-n2cc(C)c3c(N4CCC(CCO)CC4)nc(C)nc32)c(C)c1. The number of fused-ring (bicyclic) bond motifs is 1. The summed E-state index contributed by atoms with van der Waals surface area (Å²) in [6.07, 6.45) is 5.34. The zero-order valence-corrected chi connectivity index (χ0v) is 18.9. The molecule has 30 heavy (non-hydrogen) atoms. The van der Waals surface area contributed by atoms with Gasteiger partial charge in [0, 0.05) is 25.9 Å². The van der Waals surface area contributed by atoms with Crippen molar-refractivity contribution >= 4 is 29.6 Å². The summed E-state index contributed by atoms with van der Waals surface area (Å²) in [7, 11) is 2.15. The summed E-state index contributed by atoms with van der Waals surface area (Å²) in [5.41, 5.74) is 7.17.